The first-order valence-corrected chi connectivity index (χ1v) is 8.71. The highest BCUT2D eigenvalue weighted by Gasteiger charge is 2.32. The third kappa shape index (κ3) is 4.08. The molecule has 0 bridgehead atoms. The van der Waals surface area contributed by atoms with Gasteiger partial charge in [0.2, 0.25) is 0 Å². The van der Waals surface area contributed by atoms with Gasteiger partial charge in [-0.05, 0) is 42.0 Å². The minimum atomic E-state index is -4.64. The van der Waals surface area contributed by atoms with E-state index in [1.54, 1.807) is 18.3 Å². The maximum atomic E-state index is 13.0. The molecule has 0 fully saturated rings. The Labute approximate surface area is 163 Å². The summed E-state index contributed by atoms with van der Waals surface area (Å²) in [5, 5.41) is 0.0914. The number of benzene rings is 1. The molecular weight excluding hydrogens is 379 g/mol. The zero-order valence-electron chi connectivity index (χ0n) is 14.9. The lowest BCUT2D eigenvalue weighted by Gasteiger charge is -2.02. The van der Waals surface area contributed by atoms with Gasteiger partial charge in [-0.2, -0.15) is 13.2 Å². The van der Waals surface area contributed by atoms with E-state index in [1.165, 1.54) is 6.07 Å². The molecule has 0 aliphatic heterocycles. The molecule has 0 saturated carbocycles. The van der Waals surface area contributed by atoms with E-state index in [0.29, 0.717) is 23.0 Å². The summed E-state index contributed by atoms with van der Waals surface area (Å²) in [6.45, 7) is 0. The SMILES string of the molecule is O=c1ccc(C(F)(F)F)nc2[nH]c(-c3ccnc(/C=C/c4ccccc4)c3)cc12. The number of H-pyrrole nitrogens is 1. The van der Waals surface area contributed by atoms with E-state index >= 15 is 0 Å². The minimum Gasteiger partial charge on any atom is -0.339 e. The number of pyridine rings is 1. The first-order chi connectivity index (χ1) is 13.9. The quantitative estimate of drug-likeness (QED) is 0.522. The molecule has 144 valence electrons. The first kappa shape index (κ1) is 18.6. The maximum absolute atomic E-state index is 13.0. The van der Waals surface area contributed by atoms with Crippen molar-refractivity contribution in [2.24, 2.45) is 0 Å². The number of nitrogens with one attached hydrogen (secondary N) is 1. The van der Waals surface area contributed by atoms with Crippen LogP contribution >= 0.6 is 0 Å². The van der Waals surface area contributed by atoms with Gasteiger partial charge in [-0.25, -0.2) is 4.98 Å². The van der Waals surface area contributed by atoms with Crippen LogP contribution in [0.2, 0.25) is 0 Å². The summed E-state index contributed by atoms with van der Waals surface area (Å²) < 4.78 is 39.1. The fourth-order valence-electron chi connectivity index (χ4n) is 2.89. The van der Waals surface area contributed by atoms with Gasteiger partial charge in [0.25, 0.3) is 0 Å². The number of fused-ring (bicyclic) bond motifs is 1. The number of hydrogen-bond acceptors (Lipinski definition) is 3. The molecule has 0 radical (unpaired) electrons. The normalized spacial score (nSPS) is 12.0. The predicted octanol–water partition coefficient (Wildman–Crippen LogP) is 5.17. The number of nitrogens with zero attached hydrogens (tertiary/aromatic N) is 2. The van der Waals surface area contributed by atoms with Gasteiger partial charge in [0.05, 0.1) is 11.1 Å². The van der Waals surface area contributed by atoms with E-state index < -0.39 is 17.3 Å². The average Bonchev–Trinajstić information content (AvgIpc) is 3.07. The zero-order valence-corrected chi connectivity index (χ0v) is 14.9. The summed E-state index contributed by atoms with van der Waals surface area (Å²) in [5.41, 5.74) is 1.07. The second kappa shape index (κ2) is 7.35. The van der Waals surface area contributed by atoms with Crippen LogP contribution in [0.1, 0.15) is 17.0 Å². The summed E-state index contributed by atoms with van der Waals surface area (Å²) in [6.07, 6.45) is 0.693. The van der Waals surface area contributed by atoms with Crippen molar-refractivity contribution in [3.05, 3.63) is 94.0 Å². The van der Waals surface area contributed by atoms with Gasteiger partial charge in [-0.3, -0.25) is 9.78 Å². The van der Waals surface area contributed by atoms with Crippen molar-refractivity contribution >= 4 is 23.2 Å². The molecule has 4 rings (SSSR count). The maximum Gasteiger partial charge on any atom is 0.433 e. The summed E-state index contributed by atoms with van der Waals surface area (Å²) >= 11 is 0. The topological polar surface area (TPSA) is 58.6 Å². The Morgan fingerprint density at radius 3 is 2.48 bits per heavy atom. The van der Waals surface area contributed by atoms with Crippen LogP contribution in [0.4, 0.5) is 13.2 Å². The van der Waals surface area contributed by atoms with Gasteiger partial charge in [0.1, 0.15) is 11.3 Å². The number of alkyl halides is 3. The molecule has 0 aliphatic carbocycles. The Bertz CT molecular complexity index is 1260. The molecule has 0 amide bonds. The minimum absolute atomic E-state index is 0.0914. The third-order valence-electron chi connectivity index (χ3n) is 4.32. The van der Waals surface area contributed by atoms with E-state index in [2.05, 4.69) is 15.0 Å². The van der Waals surface area contributed by atoms with Gasteiger partial charge in [-0.1, -0.05) is 36.4 Å². The number of hydrogen-bond donors (Lipinski definition) is 1. The third-order valence-corrected chi connectivity index (χ3v) is 4.32. The highest BCUT2D eigenvalue weighted by molar-refractivity contribution is 5.83. The molecule has 1 N–H and O–H groups in total. The predicted molar refractivity (Wildman–Crippen MR) is 106 cm³/mol. The van der Waals surface area contributed by atoms with E-state index in [1.807, 2.05) is 42.5 Å². The van der Waals surface area contributed by atoms with Crippen molar-refractivity contribution in [1.29, 1.82) is 0 Å². The molecule has 0 unspecified atom stereocenters. The smallest absolute Gasteiger partial charge is 0.339 e. The fourth-order valence-corrected chi connectivity index (χ4v) is 2.89. The standard InChI is InChI=1S/C22H14F3N3O/c23-22(24,25)20-9-8-19(29)17-13-18(27-21(17)28-20)15-10-11-26-16(12-15)7-6-14-4-2-1-3-5-14/h1-13,27H/b7-6+. The Hall–Kier alpha value is -3.74. The lowest BCUT2D eigenvalue weighted by molar-refractivity contribution is -0.140. The van der Waals surface area contributed by atoms with E-state index in [4.69, 9.17) is 0 Å². The van der Waals surface area contributed by atoms with E-state index in [0.717, 1.165) is 11.6 Å². The number of rotatable bonds is 3. The lowest BCUT2D eigenvalue weighted by atomic mass is 10.1. The van der Waals surface area contributed by atoms with E-state index in [9.17, 15) is 18.0 Å². The monoisotopic (exact) mass is 393 g/mol. The molecule has 3 heterocycles. The second-order valence-electron chi connectivity index (χ2n) is 6.35. The van der Waals surface area contributed by atoms with E-state index in [-0.39, 0.29) is 11.0 Å². The number of aromatic amines is 1. The number of halogens is 3. The van der Waals surface area contributed by atoms with Crippen molar-refractivity contribution in [2.45, 2.75) is 6.18 Å². The van der Waals surface area contributed by atoms with Gasteiger partial charge < -0.3 is 4.98 Å². The molecule has 1 aromatic carbocycles. The molecule has 7 heteroatoms. The van der Waals surface area contributed by atoms with Crippen molar-refractivity contribution in [1.82, 2.24) is 15.0 Å². The Morgan fingerprint density at radius 2 is 1.72 bits per heavy atom. The molecule has 3 aromatic heterocycles. The van der Waals surface area contributed by atoms with Crippen molar-refractivity contribution < 1.29 is 13.2 Å². The summed E-state index contributed by atoms with van der Waals surface area (Å²) in [7, 11) is 0. The highest BCUT2D eigenvalue weighted by atomic mass is 19.4. The largest absolute Gasteiger partial charge is 0.433 e. The summed E-state index contributed by atoms with van der Waals surface area (Å²) in [6, 6.07) is 16.3. The van der Waals surface area contributed by atoms with Crippen LogP contribution in [-0.2, 0) is 6.18 Å². The summed E-state index contributed by atoms with van der Waals surface area (Å²) in [5.74, 6) is 0. The van der Waals surface area contributed by atoms with Crippen molar-refractivity contribution in [3.63, 3.8) is 0 Å². The van der Waals surface area contributed by atoms with Crippen LogP contribution < -0.4 is 5.43 Å². The molecule has 29 heavy (non-hydrogen) atoms. The summed E-state index contributed by atoms with van der Waals surface area (Å²) in [4.78, 5) is 22.9. The number of aromatic nitrogens is 3. The second-order valence-corrected chi connectivity index (χ2v) is 6.35. The molecular formula is C22H14F3N3O. The highest BCUT2D eigenvalue weighted by Crippen LogP contribution is 2.28. The van der Waals surface area contributed by atoms with Gasteiger partial charge in [-0.15, -0.1) is 0 Å². The van der Waals surface area contributed by atoms with Crippen LogP contribution in [0.15, 0.2) is 71.7 Å². The molecule has 4 nitrogen and oxygen atoms in total. The van der Waals surface area contributed by atoms with Crippen LogP contribution in [-0.4, -0.2) is 15.0 Å². The Balaban J connectivity index is 1.75. The van der Waals surface area contributed by atoms with Gasteiger partial charge in [0, 0.05) is 17.5 Å². The molecule has 0 saturated heterocycles. The van der Waals surface area contributed by atoms with Crippen LogP contribution in [0, 0.1) is 0 Å². The Kier molecular flexibility index (Phi) is 4.72. The fraction of sp³-hybridized carbons (Fsp3) is 0.0455. The Morgan fingerprint density at radius 1 is 0.931 bits per heavy atom. The van der Waals surface area contributed by atoms with Crippen molar-refractivity contribution in [2.75, 3.05) is 0 Å². The average molecular weight is 393 g/mol. The van der Waals surface area contributed by atoms with Gasteiger partial charge >= 0.3 is 6.18 Å². The van der Waals surface area contributed by atoms with Crippen molar-refractivity contribution in [3.8, 4) is 11.3 Å². The van der Waals surface area contributed by atoms with Crippen LogP contribution in [0.25, 0.3) is 34.4 Å². The first-order valence-electron chi connectivity index (χ1n) is 8.71. The van der Waals surface area contributed by atoms with Crippen LogP contribution in [0.3, 0.4) is 0 Å². The zero-order chi connectivity index (χ0) is 20.4. The van der Waals surface area contributed by atoms with Crippen LogP contribution in [0.5, 0.6) is 0 Å². The lowest BCUT2D eigenvalue weighted by Crippen LogP contribution is -2.06. The molecule has 0 aliphatic rings. The molecule has 0 atom stereocenters. The van der Waals surface area contributed by atoms with Gasteiger partial charge in [0.15, 0.2) is 5.43 Å². The molecule has 4 aromatic rings. The molecule has 0 spiro atoms.